The highest BCUT2D eigenvalue weighted by Gasteiger charge is 2.20. The third kappa shape index (κ3) is 4.57. The fourth-order valence-electron chi connectivity index (χ4n) is 3.39. The minimum atomic E-state index is -0.370. The molecule has 0 atom stereocenters. The molecule has 26 heavy (non-hydrogen) atoms. The first kappa shape index (κ1) is 17.9. The molecule has 2 aromatic carbocycles. The van der Waals surface area contributed by atoms with E-state index >= 15 is 0 Å². The Morgan fingerprint density at radius 1 is 0.808 bits per heavy atom. The number of primary amides is 1. The molecule has 0 radical (unpaired) electrons. The van der Waals surface area contributed by atoms with Crippen LogP contribution >= 0.6 is 0 Å². The van der Waals surface area contributed by atoms with Gasteiger partial charge in [-0.2, -0.15) is 4.57 Å². The smallest absolute Gasteiger partial charge is 0.313 e. The summed E-state index contributed by atoms with van der Waals surface area (Å²) >= 11 is 0. The number of aryl methyl sites for hydroxylation is 5. The first-order valence-electron chi connectivity index (χ1n) is 9.02. The quantitative estimate of drug-likeness (QED) is 0.657. The number of nitrogens with zero attached hydrogens (tertiary/aromatic N) is 1. The van der Waals surface area contributed by atoms with Crippen LogP contribution in [-0.2, 0) is 32.7 Å². The zero-order valence-corrected chi connectivity index (χ0v) is 15.2. The predicted octanol–water partition coefficient (Wildman–Crippen LogP) is 3.18. The first-order chi connectivity index (χ1) is 12.6. The number of nitrogens with two attached hydrogens (primary N) is 1. The van der Waals surface area contributed by atoms with Crippen molar-refractivity contribution in [3.05, 3.63) is 101 Å². The largest absolute Gasteiger partial charge is 0.360 e. The highest BCUT2D eigenvalue weighted by Crippen LogP contribution is 2.14. The van der Waals surface area contributed by atoms with E-state index in [1.54, 1.807) is 0 Å². The molecule has 132 valence electrons. The Bertz CT molecular complexity index is 873. The van der Waals surface area contributed by atoms with Crippen LogP contribution in [0.4, 0.5) is 0 Å². The van der Waals surface area contributed by atoms with Crippen molar-refractivity contribution in [1.29, 1.82) is 0 Å². The van der Waals surface area contributed by atoms with Crippen molar-refractivity contribution in [2.75, 3.05) is 0 Å². The lowest BCUT2D eigenvalue weighted by atomic mass is 9.98. The molecule has 0 bridgehead atoms. The van der Waals surface area contributed by atoms with E-state index in [1.165, 1.54) is 16.7 Å². The van der Waals surface area contributed by atoms with Gasteiger partial charge in [0.05, 0.1) is 0 Å². The van der Waals surface area contributed by atoms with Gasteiger partial charge in [-0.1, -0.05) is 60.7 Å². The second kappa shape index (κ2) is 8.43. The normalized spacial score (nSPS) is 10.7. The van der Waals surface area contributed by atoms with Crippen LogP contribution in [0.2, 0.25) is 0 Å². The number of pyridine rings is 1. The SMILES string of the molecule is C[n+]1cc(CCc2ccccc2)cc(CCc2ccccc2)c1C(N)=O. The number of hydrogen-bond acceptors (Lipinski definition) is 1. The summed E-state index contributed by atoms with van der Waals surface area (Å²) in [6.07, 6.45) is 5.64. The van der Waals surface area contributed by atoms with Crippen molar-refractivity contribution >= 4 is 5.91 Å². The van der Waals surface area contributed by atoms with Crippen molar-refractivity contribution in [3.8, 4) is 0 Å². The molecule has 3 heteroatoms. The third-order valence-electron chi connectivity index (χ3n) is 4.68. The van der Waals surface area contributed by atoms with Crippen LogP contribution in [0.5, 0.6) is 0 Å². The second-order valence-corrected chi connectivity index (χ2v) is 6.67. The van der Waals surface area contributed by atoms with Gasteiger partial charge in [0, 0.05) is 11.1 Å². The second-order valence-electron chi connectivity index (χ2n) is 6.67. The molecule has 2 N–H and O–H groups in total. The average Bonchev–Trinajstić information content (AvgIpc) is 2.66. The molecule has 1 aromatic heterocycles. The van der Waals surface area contributed by atoms with Crippen LogP contribution in [0.3, 0.4) is 0 Å². The zero-order chi connectivity index (χ0) is 18.4. The lowest BCUT2D eigenvalue weighted by Crippen LogP contribution is -2.40. The number of aromatic nitrogens is 1. The lowest BCUT2D eigenvalue weighted by molar-refractivity contribution is -0.674. The molecule has 3 nitrogen and oxygen atoms in total. The Hall–Kier alpha value is -2.94. The van der Waals surface area contributed by atoms with Crippen molar-refractivity contribution < 1.29 is 9.36 Å². The Morgan fingerprint density at radius 3 is 1.85 bits per heavy atom. The summed E-state index contributed by atoms with van der Waals surface area (Å²) < 4.78 is 1.88. The van der Waals surface area contributed by atoms with Crippen molar-refractivity contribution in [2.45, 2.75) is 25.7 Å². The topological polar surface area (TPSA) is 47.0 Å². The molecule has 0 unspecified atom stereocenters. The Balaban J connectivity index is 1.80. The Labute approximate surface area is 155 Å². The highest BCUT2D eigenvalue weighted by molar-refractivity contribution is 5.90. The fourth-order valence-corrected chi connectivity index (χ4v) is 3.39. The van der Waals surface area contributed by atoms with Gasteiger partial charge in [0.25, 0.3) is 5.69 Å². The predicted molar refractivity (Wildman–Crippen MR) is 104 cm³/mol. The van der Waals surface area contributed by atoms with Crippen LogP contribution in [0.25, 0.3) is 0 Å². The van der Waals surface area contributed by atoms with E-state index in [1.807, 2.05) is 42.1 Å². The number of amides is 1. The van der Waals surface area contributed by atoms with Gasteiger partial charge in [0.1, 0.15) is 7.05 Å². The van der Waals surface area contributed by atoms with Crippen molar-refractivity contribution in [1.82, 2.24) is 0 Å². The summed E-state index contributed by atoms with van der Waals surface area (Å²) in [5, 5.41) is 0. The number of benzene rings is 2. The number of carbonyl (C=O) groups excluding carboxylic acids is 1. The van der Waals surface area contributed by atoms with Gasteiger partial charge in [0.2, 0.25) is 0 Å². The average molecular weight is 345 g/mol. The summed E-state index contributed by atoms with van der Waals surface area (Å²) in [6.45, 7) is 0. The fraction of sp³-hybridized carbons (Fsp3) is 0.217. The first-order valence-corrected chi connectivity index (χ1v) is 9.02. The van der Waals surface area contributed by atoms with E-state index in [4.69, 9.17) is 5.73 Å². The van der Waals surface area contributed by atoms with E-state index in [-0.39, 0.29) is 5.91 Å². The minimum absolute atomic E-state index is 0.370. The number of rotatable bonds is 7. The molecule has 1 heterocycles. The maximum Gasteiger partial charge on any atom is 0.313 e. The van der Waals surface area contributed by atoms with Crippen LogP contribution in [-0.4, -0.2) is 5.91 Å². The summed E-state index contributed by atoms with van der Waals surface area (Å²) in [5.41, 5.74) is 11.1. The summed E-state index contributed by atoms with van der Waals surface area (Å²) in [7, 11) is 1.90. The van der Waals surface area contributed by atoms with Crippen molar-refractivity contribution in [2.24, 2.45) is 12.8 Å². The molecule has 1 amide bonds. The Kier molecular flexibility index (Phi) is 5.80. The van der Waals surface area contributed by atoms with E-state index in [0.717, 1.165) is 31.2 Å². The van der Waals surface area contributed by atoms with Crippen molar-refractivity contribution in [3.63, 3.8) is 0 Å². The minimum Gasteiger partial charge on any atom is -0.360 e. The molecular formula is C23H25N2O+. The monoisotopic (exact) mass is 345 g/mol. The van der Waals surface area contributed by atoms with Crippen LogP contribution < -0.4 is 10.3 Å². The standard InChI is InChI=1S/C23H24N2O/c1-25-17-20(13-12-18-8-4-2-5-9-18)16-21(22(25)23(24)26)15-14-19-10-6-3-7-11-19/h2-11,16-17H,12-15H2,1H3,(H-,24,26)/p+1. The van der Waals surface area contributed by atoms with Gasteiger partial charge >= 0.3 is 5.91 Å². The van der Waals surface area contributed by atoms with Crippen LogP contribution in [0, 0.1) is 0 Å². The molecule has 3 rings (SSSR count). The molecule has 0 saturated heterocycles. The molecule has 0 aliphatic heterocycles. The van der Waals surface area contributed by atoms with E-state index in [2.05, 4.69) is 42.5 Å². The Morgan fingerprint density at radius 2 is 1.31 bits per heavy atom. The van der Waals surface area contributed by atoms with Crippen LogP contribution in [0.1, 0.15) is 32.7 Å². The number of carbonyl (C=O) groups is 1. The lowest BCUT2D eigenvalue weighted by Gasteiger charge is -2.09. The van der Waals surface area contributed by atoms with E-state index < -0.39 is 0 Å². The molecule has 0 saturated carbocycles. The highest BCUT2D eigenvalue weighted by atomic mass is 16.1. The summed E-state index contributed by atoms with van der Waals surface area (Å²) in [5.74, 6) is -0.370. The zero-order valence-electron chi connectivity index (χ0n) is 15.2. The van der Waals surface area contributed by atoms with Gasteiger partial charge in [0.15, 0.2) is 6.20 Å². The molecule has 3 aromatic rings. The number of hydrogen-bond donors (Lipinski definition) is 1. The maximum absolute atomic E-state index is 11.9. The van der Waals surface area contributed by atoms with Gasteiger partial charge in [-0.25, -0.2) is 0 Å². The molecule has 0 aliphatic carbocycles. The van der Waals surface area contributed by atoms with Gasteiger partial charge < -0.3 is 5.73 Å². The maximum atomic E-state index is 11.9. The molecule has 0 aliphatic rings. The van der Waals surface area contributed by atoms with Gasteiger partial charge in [-0.15, -0.1) is 0 Å². The summed E-state index contributed by atoms with van der Waals surface area (Å²) in [4.78, 5) is 11.9. The van der Waals surface area contributed by atoms with Gasteiger partial charge in [-0.05, 0) is 42.9 Å². The molecular weight excluding hydrogens is 320 g/mol. The van der Waals surface area contributed by atoms with Crippen LogP contribution in [0.15, 0.2) is 72.9 Å². The van der Waals surface area contributed by atoms with E-state index in [0.29, 0.717) is 5.69 Å². The van der Waals surface area contributed by atoms with E-state index in [9.17, 15) is 4.79 Å². The molecule has 0 spiro atoms. The molecule has 0 fully saturated rings. The third-order valence-corrected chi connectivity index (χ3v) is 4.68. The summed E-state index contributed by atoms with van der Waals surface area (Å²) in [6, 6.07) is 22.9. The van der Waals surface area contributed by atoms with Gasteiger partial charge in [-0.3, -0.25) is 4.79 Å².